The molecule has 1 rings (SSSR count). The normalized spacial score (nSPS) is 12.9. The van der Waals surface area contributed by atoms with Crippen LogP contribution in [0.1, 0.15) is 58.4 Å². The summed E-state index contributed by atoms with van der Waals surface area (Å²) in [5.41, 5.74) is 15.1. The summed E-state index contributed by atoms with van der Waals surface area (Å²) in [5, 5.41) is 0. The number of nitrogens with zero attached hydrogens (tertiary/aromatic N) is 1. The smallest absolute Gasteiger partial charge is 0.128 e. The number of nitrogen functional groups attached to an aromatic ring is 1. The maximum atomic E-state index is 6.03. The van der Waals surface area contributed by atoms with Gasteiger partial charge in [0.05, 0.1) is 0 Å². The Kier molecular flexibility index (Phi) is 3.53. The molecule has 0 bridgehead atoms. The van der Waals surface area contributed by atoms with E-state index in [0.29, 0.717) is 12.4 Å². The number of aromatic nitrogens is 1. The highest BCUT2D eigenvalue weighted by molar-refractivity contribution is 5.49. The van der Waals surface area contributed by atoms with Crippen LogP contribution in [0.15, 0.2) is 6.07 Å². The predicted octanol–water partition coefficient (Wildman–Crippen LogP) is 2.72. The van der Waals surface area contributed by atoms with Crippen molar-refractivity contribution in [1.82, 2.24) is 4.98 Å². The van der Waals surface area contributed by atoms with Gasteiger partial charge in [0.1, 0.15) is 5.82 Å². The Morgan fingerprint density at radius 2 is 1.59 bits per heavy atom. The fourth-order valence-electron chi connectivity index (χ4n) is 1.86. The molecule has 0 unspecified atom stereocenters. The Morgan fingerprint density at radius 3 is 1.94 bits per heavy atom. The summed E-state index contributed by atoms with van der Waals surface area (Å²) < 4.78 is 0. The lowest BCUT2D eigenvalue weighted by Gasteiger charge is -2.27. The molecule has 0 spiro atoms. The maximum Gasteiger partial charge on any atom is 0.128 e. The third-order valence-electron chi connectivity index (χ3n) is 2.94. The zero-order chi connectivity index (χ0) is 13.4. The molecule has 96 valence electrons. The minimum Gasteiger partial charge on any atom is -0.383 e. The molecule has 1 heterocycles. The zero-order valence-corrected chi connectivity index (χ0v) is 11.9. The highest BCUT2D eigenvalue weighted by atomic mass is 14.9. The van der Waals surface area contributed by atoms with Crippen molar-refractivity contribution in [2.24, 2.45) is 5.73 Å². The Balaban J connectivity index is 3.51. The van der Waals surface area contributed by atoms with Gasteiger partial charge < -0.3 is 11.5 Å². The summed E-state index contributed by atoms with van der Waals surface area (Å²) in [5.74, 6) is 0.574. The van der Waals surface area contributed by atoms with Gasteiger partial charge in [-0.15, -0.1) is 0 Å². The molecule has 0 fully saturated rings. The van der Waals surface area contributed by atoms with Crippen LogP contribution in [0.3, 0.4) is 0 Å². The van der Waals surface area contributed by atoms with Crippen molar-refractivity contribution >= 4 is 5.82 Å². The van der Waals surface area contributed by atoms with Gasteiger partial charge in [0.25, 0.3) is 0 Å². The minimum atomic E-state index is 0.00124. The Labute approximate surface area is 105 Å². The highest BCUT2D eigenvalue weighted by Gasteiger charge is 2.24. The number of hydrogen-bond acceptors (Lipinski definition) is 3. The van der Waals surface area contributed by atoms with Gasteiger partial charge in [-0.2, -0.15) is 0 Å². The minimum absolute atomic E-state index is 0.00124. The van der Waals surface area contributed by atoms with Gasteiger partial charge >= 0.3 is 0 Å². The molecule has 3 nitrogen and oxygen atoms in total. The van der Waals surface area contributed by atoms with Crippen LogP contribution >= 0.6 is 0 Å². The van der Waals surface area contributed by atoms with Crippen LogP contribution in [0.5, 0.6) is 0 Å². The van der Waals surface area contributed by atoms with E-state index >= 15 is 0 Å². The largest absolute Gasteiger partial charge is 0.383 e. The van der Waals surface area contributed by atoms with Crippen LogP contribution < -0.4 is 11.5 Å². The summed E-state index contributed by atoms with van der Waals surface area (Å²) >= 11 is 0. The van der Waals surface area contributed by atoms with Gasteiger partial charge in [-0.05, 0) is 17.0 Å². The number of pyridine rings is 1. The molecule has 17 heavy (non-hydrogen) atoms. The average molecular weight is 235 g/mol. The van der Waals surface area contributed by atoms with E-state index in [4.69, 9.17) is 11.5 Å². The molecule has 4 N–H and O–H groups in total. The van der Waals surface area contributed by atoms with Gasteiger partial charge in [-0.3, -0.25) is 0 Å². The van der Waals surface area contributed by atoms with Crippen molar-refractivity contribution in [3.8, 4) is 0 Å². The number of nitrogens with two attached hydrogens (primary N) is 2. The number of anilines is 1. The first kappa shape index (κ1) is 14.0. The molecule has 1 aromatic heterocycles. The highest BCUT2D eigenvalue weighted by Crippen LogP contribution is 2.32. The molecule has 0 saturated carbocycles. The summed E-state index contributed by atoms with van der Waals surface area (Å²) in [6.45, 7) is 13.4. The van der Waals surface area contributed by atoms with Gasteiger partial charge in [-0.25, -0.2) is 4.98 Å². The molecule has 3 heteroatoms. The molecule has 0 radical (unpaired) electrons. The van der Waals surface area contributed by atoms with Crippen LogP contribution in [0.2, 0.25) is 0 Å². The zero-order valence-electron chi connectivity index (χ0n) is 11.9. The summed E-state index contributed by atoms with van der Waals surface area (Å²) in [6.07, 6.45) is 0. The van der Waals surface area contributed by atoms with Crippen molar-refractivity contribution in [2.75, 3.05) is 5.73 Å². The van der Waals surface area contributed by atoms with E-state index in [2.05, 4.69) is 52.6 Å². The number of rotatable bonds is 1. The first-order valence-electron chi connectivity index (χ1n) is 6.08. The van der Waals surface area contributed by atoms with E-state index in [1.165, 1.54) is 5.56 Å². The molecule has 0 aliphatic rings. The fourth-order valence-corrected chi connectivity index (χ4v) is 1.86. The second-order valence-corrected chi connectivity index (χ2v) is 6.62. The first-order valence-corrected chi connectivity index (χ1v) is 6.08. The first-order chi connectivity index (χ1) is 7.57. The molecule has 0 atom stereocenters. The molecule has 0 aliphatic carbocycles. The van der Waals surface area contributed by atoms with E-state index in [-0.39, 0.29) is 10.8 Å². The lowest BCUT2D eigenvalue weighted by molar-refractivity contribution is 0.549. The summed E-state index contributed by atoms with van der Waals surface area (Å²) in [7, 11) is 0. The van der Waals surface area contributed by atoms with Crippen LogP contribution in [-0.4, -0.2) is 4.98 Å². The molecule has 0 aliphatic heterocycles. The molecular weight excluding hydrogens is 210 g/mol. The van der Waals surface area contributed by atoms with Gasteiger partial charge in [0.2, 0.25) is 0 Å². The van der Waals surface area contributed by atoms with E-state index < -0.39 is 0 Å². The van der Waals surface area contributed by atoms with Crippen LogP contribution in [-0.2, 0) is 17.4 Å². The van der Waals surface area contributed by atoms with Crippen molar-refractivity contribution in [3.63, 3.8) is 0 Å². The van der Waals surface area contributed by atoms with Crippen molar-refractivity contribution in [3.05, 3.63) is 22.9 Å². The topological polar surface area (TPSA) is 64.9 Å². The van der Waals surface area contributed by atoms with Crippen LogP contribution in [0, 0.1) is 0 Å². The van der Waals surface area contributed by atoms with Gasteiger partial charge in [0, 0.05) is 23.2 Å². The lowest BCUT2D eigenvalue weighted by atomic mass is 9.81. The van der Waals surface area contributed by atoms with Crippen molar-refractivity contribution < 1.29 is 0 Å². The van der Waals surface area contributed by atoms with Crippen LogP contribution in [0.25, 0.3) is 0 Å². The van der Waals surface area contributed by atoms with E-state index in [1.807, 2.05) is 0 Å². The Hall–Kier alpha value is -1.09. The standard InChI is InChI=1S/C14H25N3/c1-13(2,3)10-7-11(14(4,5)6)17-12(16)9(10)8-15/h7H,8,15H2,1-6H3,(H2,16,17). The molecule has 1 aromatic rings. The van der Waals surface area contributed by atoms with Crippen molar-refractivity contribution in [1.29, 1.82) is 0 Å². The lowest BCUT2D eigenvalue weighted by Crippen LogP contribution is -2.23. The predicted molar refractivity (Wildman–Crippen MR) is 73.9 cm³/mol. The number of hydrogen-bond donors (Lipinski definition) is 2. The quantitative estimate of drug-likeness (QED) is 0.786. The Bertz CT molecular complexity index is 409. The fraction of sp³-hybridized carbons (Fsp3) is 0.643. The van der Waals surface area contributed by atoms with Crippen LogP contribution in [0.4, 0.5) is 5.82 Å². The van der Waals surface area contributed by atoms with Gasteiger partial charge in [-0.1, -0.05) is 41.5 Å². The molecule has 0 amide bonds. The van der Waals surface area contributed by atoms with Gasteiger partial charge in [0.15, 0.2) is 0 Å². The molecular formula is C14H25N3. The molecule has 0 saturated heterocycles. The monoisotopic (exact) mass is 235 g/mol. The van der Waals surface area contributed by atoms with E-state index in [9.17, 15) is 0 Å². The van der Waals surface area contributed by atoms with Crippen molar-refractivity contribution in [2.45, 2.75) is 58.9 Å². The van der Waals surface area contributed by atoms with E-state index in [1.54, 1.807) is 0 Å². The molecule has 0 aromatic carbocycles. The summed E-state index contributed by atoms with van der Waals surface area (Å²) in [6, 6.07) is 2.15. The SMILES string of the molecule is CC(C)(C)c1cc(C(C)(C)C)c(CN)c(N)n1. The Morgan fingerprint density at radius 1 is 1.06 bits per heavy atom. The third-order valence-corrected chi connectivity index (χ3v) is 2.94. The second-order valence-electron chi connectivity index (χ2n) is 6.62. The second kappa shape index (κ2) is 4.30. The average Bonchev–Trinajstić information content (AvgIpc) is 2.13. The summed E-state index contributed by atoms with van der Waals surface area (Å²) in [4.78, 5) is 4.49. The maximum absolute atomic E-state index is 6.03. The third kappa shape index (κ3) is 2.97. The van der Waals surface area contributed by atoms with E-state index in [0.717, 1.165) is 11.3 Å².